The van der Waals surface area contributed by atoms with Crippen molar-refractivity contribution < 1.29 is 9.53 Å². The third kappa shape index (κ3) is 9.41. The number of ether oxygens (including phenoxy) is 1. The standard InChI is InChI=1S/C25H41N5O2.HI/c1-3-26-25(27-12-7-13-29-14-10-21(2)11-15-29)28-20-23(22-8-5-4-6-9-22)24(31)30-16-18-32-19-17-30;/h4-6,8-9,21,23H,3,7,10-20H2,1-2H3,(H2,26,27,28);1H. The molecule has 2 fully saturated rings. The van der Waals surface area contributed by atoms with Gasteiger partial charge in [0.15, 0.2) is 5.96 Å². The molecule has 2 saturated heterocycles. The number of halogens is 1. The number of hydrogen-bond acceptors (Lipinski definition) is 4. The Hall–Kier alpha value is -1.39. The fourth-order valence-electron chi connectivity index (χ4n) is 4.33. The van der Waals surface area contributed by atoms with Crippen LogP contribution < -0.4 is 10.6 Å². The van der Waals surface area contributed by atoms with E-state index >= 15 is 0 Å². The maximum absolute atomic E-state index is 13.3. The molecule has 186 valence electrons. The molecule has 33 heavy (non-hydrogen) atoms. The number of rotatable bonds is 9. The molecule has 2 N–H and O–H groups in total. The molecular weight excluding hydrogens is 529 g/mol. The number of nitrogens with zero attached hydrogens (tertiary/aromatic N) is 3. The van der Waals surface area contributed by atoms with Gasteiger partial charge in [-0.2, -0.15) is 0 Å². The Labute approximate surface area is 216 Å². The summed E-state index contributed by atoms with van der Waals surface area (Å²) in [7, 11) is 0. The fraction of sp³-hybridized carbons (Fsp3) is 0.680. The normalized spacial score (nSPS) is 19.0. The zero-order valence-electron chi connectivity index (χ0n) is 20.3. The lowest BCUT2D eigenvalue weighted by Gasteiger charge is -2.30. The quantitative estimate of drug-likeness (QED) is 0.207. The number of hydrogen-bond donors (Lipinski definition) is 2. The summed E-state index contributed by atoms with van der Waals surface area (Å²) in [4.78, 5) is 22.6. The summed E-state index contributed by atoms with van der Waals surface area (Å²) >= 11 is 0. The van der Waals surface area contributed by atoms with E-state index < -0.39 is 0 Å². The third-order valence-electron chi connectivity index (χ3n) is 6.42. The summed E-state index contributed by atoms with van der Waals surface area (Å²) in [5, 5.41) is 6.79. The number of likely N-dealkylation sites (tertiary alicyclic amines) is 1. The van der Waals surface area contributed by atoms with Gasteiger partial charge in [-0.1, -0.05) is 37.3 Å². The summed E-state index contributed by atoms with van der Waals surface area (Å²) in [6, 6.07) is 10.0. The number of morpholine rings is 1. The molecule has 0 aromatic heterocycles. The fourth-order valence-corrected chi connectivity index (χ4v) is 4.33. The van der Waals surface area contributed by atoms with Gasteiger partial charge in [0.2, 0.25) is 5.91 Å². The van der Waals surface area contributed by atoms with Gasteiger partial charge in [0, 0.05) is 26.2 Å². The van der Waals surface area contributed by atoms with E-state index in [1.807, 2.05) is 35.2 Å². The van der Waals surface area contributed by atoms with Gasteiger partial charge in [-0.05, 0) is 57.3 Å². The highest BCUT2D eigenvalue weighted by Crippen LogP contribution is 2.20. The van der Waals surface area contributed by atoms with Crippen LogP contribution in [-0.2, 0) is 9.53 Å². The van der Waals surface area contributed by atoms with E-state index in [9.17, 15) is 4.79 Å². The van der Waals surface area contributed by atoms with Gasteiger partial charge in [0.1, 0.15) is 0 Å². The minimum atomic E-state index is -0.278. The average Bonchev–Trinajstić information content (AvgIpc) is 2.84. The maximum atomic E-state index is 13.3. The average molecular weight is 572 g/mol. The topological polar surface area (TPSA) is 69.2 Å². The van der Waals surface area contributed by atoms with E-state index in [2.05, 4.69) is 29.4 Å². The van der Waals surface area contributed by atoms with E-state index in [1.54, 1.807) is 0 Å². The zero-order chi connectivity index (χ0) is 22.6. The Morgan fingerprint density at radius 1 is 1.12 bits per heavy atom. The molecular formula is C25H42IN5O2. The zero-order valence-corrected chi connectivity index (χ0v) is 22.6. The number of benzene rings is 1. The second-order valence-electron chi connectivity index (χ2n) is 8.93. The van der Waals surface area contributed by atoms with Crippen LogP contribution in [0.15, 0.2) is 35.3 Å². The number of nitrogens with one attached hydrogen (secondary N) is 2. The predicted octanol–water partition coefficient (Wildman–Crippen LogP) is 2.92. The largest absolute Gasteiger partial charge is 0.378 e. The van der Waals surface area contributed by atoms with E-state index in [0.717, 1.165) is 43.5 Å². The first-order valence-corrected chi connectivity index (χ1v) is 12.3. The van der Waals surface area contributed by atoms with Gasteiger partial charge >= 0.3 is 0 Å². The number of amides is 1. The second kappa shape index (κ2) is 15.5. The van der Waals surface area contributed by atoms with Crippen LogP contribution in [0.4, 0.5) is 0 Å². The molecule has 0 saturated carbocycles. The van der Waals surface area contributed by atoms with Gasteiger partial charge in [0.25, 0.3) is 0 Å². The summed E-state index contributed by atoms with van der Waals surface area (Å²) in [6.07, 6.45) is 3.72. The number of guanidine groups is 1. The highest BCUT2D eigenvalue weighted by Gasteiger charge is 2.27. The lowest BCUT2D eigenvalue weighted by Crippen LogP contribution is -2.44. The van der Waals surface area contributed by atoms with Crippen molar-refractivity contribution in [1.82, 2.24) is 20.4 Å². The van der Waals surface area contributed by atoms with Crippen LogP contribution in [0.2, 0.25) is 0 Å². The number of piperidine rings is 1. The molecule has 1 atom stereocenters. The van der Waals surface area contributed by atoms with Crippen LogP contribution in [-0.4, -0.2) is 87.2 Å². The molecule has 8 heteroatoms. The van der Waals surface area contributed by atoms with E-state index in [1.165, 1.54) is 25.9 Å². The molecule has 0 bridgehead atoms. The lowest BCUT2D eigenvalue weighted by molar-refractivity contribution is -0.136. The van der Waals surface area contributed by atoms with Crippen LogP contribution in [0.1, 0.15) is 44.6 Å². The smallest absolute Gasteiger partial charge is 0.232 e. The van der Waals surface area contributed by atoms with Gasteiger partial charge in [-0.15, -0.1) is 24.0 Å². The molecule has 1 amide bonds. The van der Waals surface area contributed by atoms with Crippen LogP contribution in [0, 0.1) is 5.92 Å². The molecule has 1 aromatic rings. The maximum Gasteiger partial charge on any atom is 0.232 e. The molecule has 1 unspecified atom stereocenters. The minimum Gasteiger partial charge on any atom is -0.378 e. The van der Waals surface area contributed by atoms with Crippen molar-refractivity contribution in [3.05, 3.63) is 35.9 Å². The number of carbonyl (C=O) groups is 1. The van der Waals surface area contributed by atoms with Crippen LogP contribution >= 0.6 is 24.0 Å². The second-order valence-corrected chi connectivity index (χ2v) is 8.93. The Kier molecular flexibility index (Phi) is 13.1. The van der Waals surface area contributed by atoms with Crippen molar-refractivity contribution in [2.75, 3.05) is 65.6 Å². The molecule has 0 aliphatic carbocycles. The van der Waals surface area contributed by atoms with Gasteiger partial charge in [0.05, 0.1) is 25.7 Å². The Balaban J connectivity index is 0.00000385. The number of carbonyl (C=O) groups excluding carboxylic acids is 1. The van der Waals surface area contributed by atoms with Gasteiger partial charge < -0.3 is 25.2 Å². The van der Waals surface area contributed by atoms with Crippen LogP contribution in [0.25, 0.3) is 0 Å². The van der Waals surface area contributed by atoms with E-state index in [0.29, 0.717) is 32.8 Å². The van der Waals surface area contributed by atoms with Gasteiger partial charge in [-0.25, -0.2) is 0 Å². The SMILES string of the molecule is CCNC(=NCC(C(=O)N1CCOCC1)c1ccccc1)NCCCN1CCC(C)CC1.I. The monoisotopic (exact) mass is 571 g/mol. The van der Waals surface area contributed by atoms with Crippen molar-refractivity contribution in [3.63, 3.8) is 0 Å². The Morgan fingerprint density at radius 3 is 2.48 bits per heavy atom. The van der Waals surface area contributed by atoms with E-state index in [4.69, 9.17) is 9.73 Å². The first kappa shape index (κ1) is 27.9. The van der Waals surface area contributed by atoms with Crippen molar-refractivity contribution in [1.29, 1.82) is 0 Å². The Morgan fingerprint density at radius 2 is 1.82 bits per heavy atom. The molecule has 7 nitrogen and oxygen atoms in total. The van der Waals surface area contributed by atoms with Crippen molar-refractivity contribution >= 4 is 35.8 Å². The summed E-state index contributed by atoms with van der Waals surface area (Å²) in [6.45, 7) is 12.6. The minimum absolute atomic E-state index is 0. The van der Waals surface area contributed by atoms with Crippen LogP contribution in [0.5, 0.6) is 0 Å². The highest BCUT2D eigenvalue weighted by molar-refractivity contribution is 14.0. The van der Waals surface area contributed by atoms with E-state index in [-0.39, 0.29) is 35.8 Å². The van der Waals surface area contributed by atoms with Crippen molar-refractivity contribution in [3.8, 4) is 0 Å². The molecule has 0 radical (unpaired) electrons. The van der Waals surface area contributed by atoms with Crippen molar-refractivity contribution in [2.24, 2.45) is 10.9 Å². The molecule has 2 aliphatic rings. The predicted molar refractivity (Wildman–Crippen MR) is 145 cm³/mol. The first-order valence-electron chi connectivity index (χ1n) is 12.3. The Bertz CT molecular complexity index is 704. The summed E-state index contributed by atoms with van der Waals surface area (Å²) < 4.78 is 5.42. The van der Waals surface area contributed by atoms with Gasteiger partial charge in [-0.3, -0.25) is 9.79 Å². The highest BCUT2D eigenvalue weighted by atomic mass is 127. The first-order chi connectivity index (χ1) is 15.7. The van der Waals surface area contributed by atoms with Crippen LogP contribution in [0.3, 0.4) is 0 Å². The van der Waals surface area contributed by atoms with Crippen molar-refractivity contribution in [2.45, 2.75) is 39.0 Å². The summed E-state index contributed by atoms with van der Waals surface area (Å²) in [5.41, 5.74) is 1.02. The molecule has 0 spiro atoms. The lowest BCUT2D eigenvalue weighted by atomic mass is 9.97. The number of aliphatic imine (C=N–C) groups is 1. The molecule has 2 heterocycles. The molecule has 3 rings (SSSR count). The molecule has 2 aliphatic heterocycles. The molecule has 1 aromatic carbocycles. The summed E-state index contributed by atoms with van der Waals surface area (Å²) in [5.74, 6) is 1.52. The third-order valence-corrected chi connectivity index (χ3v) is 6.42.